The predicted octanol–water partition coefficient (Wildman–Crippen LogP) is 1.49. The highest BCUT2D eigenvalue weighted by Crippen LogP contribution is 2.60. The topological polar surface area (TPSA) is 133 Å². The van der Waals surface area contributed by atoms with Gasteiger partial charge in [0.25, 0.3) is 6.01 Å². The smallest absolute Gasteiger partial charge is 0.292 e. The molecule has 1 spiro atoms. The molecule has 0 saturated heterocycles. The van der Waals surface area contributed by atoms with Crippen molar-refractivity contribution in [3.8, 4) is 11.3 Å². The maximum atomic E-state index is 13.9. The minimum absolute atomic E-state index is 0.0734. The molecule has 1 aromatic heterocycles. The Hall–Kier alpha value is -3.42. The Morgan fingerprint density at radius 2 is 1.97 bits per heavy atom. The quantitative estimate of drug-likeness (QED) is 0.796. The number of ketones is 1. The minimum Gasteiger partial charge on any atom is -0.423 e. The zero-order chi connectivity index (χ0) is 20.7. The van der Waals surface area contributed by atoms with Gasteiger partial charge in [0.15, 0.2) is 17.0 Å². The van der Waals surface area contributed by atoms with Crippen molar-refractivity contribution in [3.05, 3.63) is 46.8 Å². The van der Waals surface area contributed by atoms with E-state index in [1.54, 1.807) is 12.1 Å². The summed E-state index contributed by atoms with van der Waals surface area (Å²) in [5.74, 6) is -0.811. The van der Waals surface area contributed by atoms with E-state index in [9.17, 15) is 14.4 Å². The van der Waals surface area contributed by atoms with Crippen LogP contribution in [0.3, 0.4) is 0 Å². The van der Waals surface area contributed by atoms with E-state index in [0.717, 1.165) is 0 Å². The number of rotatable bonds is 2. The maximum absolute atomic E-state index is 13.9. The summed E-state index contributed by atoms with van der Waals surface area (Å²) in [6.07, 6.45) is 0.760. The van der Waals surface area contributed by atoms with Gasteiger partial charge in [-0.3, -0.25) is 14.4 Å². The van der Waals surface area contributed by atoms with Crippen molar-refractivity contribution >= 4 is 23.6 Å². The van der Waals surface area contributed by atoms with Crippen molar-refractivity contribution < 1.29 is 18.8 Å². The highest BCUT2D eigenvalue weighted by atomic mass is 16.4. The molecule has 4 N–H and O–H groups in total. The zero-order valence-corrected chi connectivity index (χ0v) is 16.1. The van der Waals surface area contributed by atoms with Gasteiger partial charge in [0.2, 0.25) is 11.8 Å². The van der Waals surface area contributed by atoms with E-state index in [0.29, 0.717) is 40.3 Å². The van der Waals surface area contributed by atoms with Gasteiger partial charge in [0, 0.05) is 23.3 Å². The molecular weight excluding hydrogens is 372 g/mol. The fourth-order valence-electron chi connectivity index (χ4n) is 5.08. The molecule has 1 unspecified atom stereocenters. The van der Waals surface area contributed by atoms with E-state index in [1.165, 1.54) is 4.90 Å². The molecular formula is C21H20N4O4. The van der Waals surface area contributed by atoms with Crippen LogP contribution in [0.2, 0.25) is 0 Å². The van der Waals surface area contributed by atoms with Crippen LogP contribution in [0, 0.1) is 5.41 Å². The number of aromatic nitrogens is 1. The number of Topliss-reactive ketones (excluding diaryl/α,β-unsaturated/α-hetero) is 1. The van der Waals surface area contributed by atoms with Crippen molar-refractivity contribution in [1.29, 1.82) is 0 Å². The fourth-order valence-corrected chi connectivity index (χ4v) is 5.08. The maximum Gasteiger partial charge on any atom is 0.292 e. The molecule has 0 radical (unpaired) electrons. The van der Waals surface area contributed by atoms with Crippen LogP contribution in [0.1, 0.15) is 37.9 Å². The Labute approximate surface area is 166 Å². The third-order valence-corrected chi connectivity index (χ3v) is 6.01. The number of amides is 2. The molecule has 1 aliphatic heterocycles. The summed E-state index contributed by atoms with van der Waals surface area (Å²) < 4.78 is 5.63. The van der Waals surface area contributed by atoms with Crippen LogP contribution in [0.5, 0.6) is 0 Å². The summed E-state index contributed by atoms with van der Waals surface area (Å²) >= 11 is 0. The summed E-state index contributed by atoms with van der Waals surface area (Å²) in [7, 11) is 0. The van der Waals surface area contributed by atoms with Gasteiger partial charge in [0.1, 0.15) is 12.2 Å². The first-order valence-electron chi connectivity index (χ1n) is 9.40. The van der Waals surface area contributed by atoms with Crippen LogP contribution in [-0.2, 0) is 19.8 Å². The molecule has 2 amide bonds. The second-order valence-electron chi connectivity index (χ2n) is 8.65. The minimum atomic E-state index is -1.45. The monoisotopic (exact) mass is 392 g/mol. The van der Waals surface area contributed by atoms with Crippen molar-refractivity contribution in [3.63, 3.8) is 0 Å². The predicted molar refractivity (Wildman–Crippen MR) is 103 cm³/mol. The Morgan fingerprint density at radius 1 is 1.24 bits per heavy atom. The van der Waals surface area contributed by atoms with Crippen molar-refractivity contribution in [2.24, 2.45) is 11.1 Å². The van der Waals surface area contributed by atoms with E-state index in [-0.39, 0.29) is 30.2 Å². The average molecular weight is 392 g/mol. The lowest BCUT2D eigenvalue weighted by Crippen LogP contribution is -2.44. The molecule has 0 fully saturated rings. The molecule has 0 bridgehead atoms. The Kier molecular flexibility index (Phi) is 3.25. The Morgan fingerprint density at radius 3 is 2.69 bits per heavy atom. The van der Waals surface area contributed by atoms with Crippen LogP contribution in [0.25, 0.3) is 11.3 Å². The molecule has 0 saturated carbocycles. The molecule has 29 heavy (non-hydrogen) atoms. The third-order valence-electron chi connectivity index (χ3n) is 6.01. The van der Waals surface area contributed by atoms with Gasteiger partial charge in [-0.1, -0.05) is 38.1 Å². The summed E-state index contributed by atoms with van der Waals surface area (Å²) in [6, 6.07) is 7.16. The van der Waals surface area contributed by atoms with E-state index in [2.05, 4.69) is 4.98 Å². The first-order valence-corrected chi connectivity index (χ1v) is 9.40. The number of nitrogens with two attached hydrogens (primary N) is 2. The van der Waals surface area contributed by atoms with Gasteiger partial charge < -0.3 is 20.8 Å². The lowest BCUT2D eigenvalue weighted by atomic mass is 9.67. The van der Waals surface area contributed by atoms with Gasteiger partial charge in [-0.25, -0.2) is 0 Å². The number of hydrogen-bond donors (Lipinski definition) is 2. The third kappa shape index (κ3) is 2.08. The van der Waals surface area contributed by atoms with E-state index in [4.69, 9.17) is 15.9 Å². The van der Waals surface area contributed by atoms with Crippen LogP contribution in [-0.4, -0.2) is 34.0 Å². The molecule has 1 atom stereocenters. The summed E-state index contributed by atoms with van der Waals surface area (Å²) in [6.45, 7) is 3.64. The molecule has 2 aliphatic carbocycles. The number of carbonyl (C=O) groups excluding carboxylic acids is 3. The normalized spacial score (nSPS) is 24.1. The second-order valence-corrected chi connectivity index (χ2v) is 8.65. The van der Waals surface area contributed by atoms with E-state index >= 15 is 0 Å². The van der Waals surface area contributed by atoms with Crippen molar-refractivity contribution in [2.75, 3.05) is 12.3 Å². The molecule has 2 heterocycles. The lowest BCUT2D eigenvalue weighted by Gasteiger charge is -2.33. The van der Waals surface area contributed by atoms with Gasteiger partial charge in [-0.2, -0.15) is 4.98 Å². The van der Waals surface area contributed by atoms with Crippen LogP contribution < -0.4 is 11.5 Å². The fraction of sp³-hybridized carbons (Fsp3) is 0.333. The number of nitrogen functional groups attached to an aromatic ring is 1. The van der Waals surface area contributed by atoms with Crippen LogP contribution >= 0.6 is 0 Å². The van der Waals surface area contributed by atoms with Gasteiger partial charge in [-0.15, -0.1) is 0 Å². The van der Waals surface area contributed by atoms with Crippen LogP contribution in [0.4, 0.5) is 6.01 Å². The van der Waals surface area contributed by atoms with Gasteiger partial charge in [0.05, 0.1) is 0 Å². The molecule has 1 aromatic carbocycles. The Balaban J connectivity index is 1.87. The zero-order valence-electron chi connectivity index (χ0n) is 16.1. The molecule has 5 rings (SSSR count). The number of oxazole rings is 1. The van der Waals surface area contributed by atoms with E-state index < -0.39 is 17.2 Å². The van der Waals surface area contributed by atoms with Crippen molar-refractivity contribution in [2.45, 2.75) is 32.1 Å². The second kappa shape index (κ2) is 5.34. The standard InChI is InChI=1S/C21H20N4O4/c1-20(2)7-12-15(13(26)8-20)21(18(28)25(12)9-14(22)27)11-6-4-3-5-10(11)16-17(21)24-19(23)29-16/h3-6H,7-9H2,1-2H3,(H2,22,27)(H2,23,24). The molecule has 2 aromatic rings. The number of fused-ring (bicyclic) bond motifs is 6. The summed E-state index contributed by atoms with van der Waals surface area (Å²) in [5.41, 5.74) is 12.0. The molecule has 3 aliphatic rings. The molecule has 8 nitrogen and oxygen atoms in total. The summed E-state index contributed by atoms with van der Waals surface area (Å²) in [4.78, 5) is 44.8. The molecule has 148 valence electrons. The number of carbonyl (C=O) groups is 3. The highest BCUT2D eigenvalue weighted by molar-refractivity contribution is 6.17. The first kappa shape index (κ1) is 17.7. The number of nitrogens with zero attached hydrogens (tertiary/aromatic N) is 2. The van der Waals surface area contributed by atoms with E-state index in [1.807, 2.05) is 26.0 Å². The largest absolute Gasteiger partial charge is 0.423 e. The van der Waals surface area contributed by atoms with Gasteiger partial charge in [-0.05, 0) is 17.4 Å². The van der Waals surface area contributed by atoms with Gasteiger partial charge >= 0.3 is 0 Å². The number of primary amides is 1. The average Bonchev–Trinajstić information content (AvgIpc) is 3.20. The first-order chi connectivity index (χ1) is 13.7. The number of anilines is 1. The number of allylic oxidation sites excluding steroid dienone is 1. The SMILES string of the molecule is CC1(C)CC(=O)C2=C(C1)N(CC(N)=O)C(=O)C21c2ccccc2-c2oc(N)nc21. The van der Waals surface area contributed by atoms with Crippen molar-refractivity contribution in [1.82, 2.24) is 9.88 Å². The lowest BCUT2D eigenvalue weighted by molar-refractivity contribution is -0.134. The number of benzene rings is 1. The molecule has 8 heteroatoms. The number of hydrogen-bond acceptors (Lipinski definition) is 6. The summed E-state index contributed by atoms with van der Waals surface area (Å²) in [5, 5.41) is 0. The highest BCUT2D eigenvalue weighted by Gasteiger charge is 2.65. The van der Waals surface area contributed by atoms with Crippen LogP contribution in [0.15, 0.2) is 40.0 Å². The Bertz CT molecular complexity index is 1160.